The number of carbonyl (C=O) groups is 1. The largest absolute Gasteiger partial charge is 0.481 e. The lowest BCUT2D eigenvalue weighted by Gasteiger charge is -2.11. The van der Waals surface area contributed by atoms with Crippen LogP contribution in [0.2, 0.25) is 0 Å². The van der Waals surface area contributed by atoms with Crippen LogP contribution in [0.25, 0.3) is 0 Å². The Labute approximate surface area is 119 Å². The highest BCUT2D eigenvalue weighted by atomic mass is 32.2. The molecular formula is C11H13F2NO4S2. The molecule has 1 aromatic rings. The van der Waals surface area contributed by atoms with E-state index >= 15 is 0 Å². The van der Waals surface area contributed by atoms with E-state index < -0.39 is 21.8 Å². The van der Waals surface area contributed by atoms with Gasteiger partial charge in [0, 0.05) is 11.3 Å². The number of alkyl halides is 2. The number of carboxylic acid groups (broad SMARTS) is 1. The monoisotopic (exact) mass is 325 g/mol. The molecule has 0 heterocycles. The van der Waals surface area contributed by atoms with Gasteiger partial charge in [-0.05, 0) is 18.6 Å². The van der Waals surface area contributed by atoms with Gasteiger partial charge in [-0.25, -0.2) is 8.42 Å². The molecule has 0 amide bonds. The van der Waals surface area contributed by atoms with Gasteiger partial charge in [-0.3, -0.25) is 9.52 Å². The summed E-state index contributed by atoms with van der Waals surface area (Å²) in [4.78, 5) is 10.4. The van der Waals surface area contributed by atoms with Gasteiger partial charge in [0.05, 0.1) is 11.4 Å². The Balaban J connectivity index is 2.74. The summed E-state index contributed by atoms with van der Waals surface area (Å²) in [6, 6.07) is 5.79. The van der Waals surface area contributed by atoms with Crippen molar-refractivity contribution in [3.8, 4) is 0 Å². The van der Waals surface area contributed by atoms with Crippen LogP contribution in [0.1, 0.15) is 12.8 Å². The van der Waals surface area contributed by atoms with Crippen molar-refractivity contribution in [1.82, 2.24) is 0 Å². The molecule has 1 aromatic carbocycles. The van der Waals surface area contributed by atoms with E-state index in [-0.39, 0.29) is 40.9 Å². The molecule has 0 saturated heterocycles. The highest BCUT2D eigenvalue weighted by Crippen LogP contribution is 2.32. The van der Waals surface area contributed by atoms with Gasteiger partial charge in [0.25, 0.3) is 5.76 Å². The zero-order chi connectivity index (χ0) is 15.2. The first-order chi connectivity index (χ1) is 9.30. The topological polar surface area (TPSA) is 83.5 Å². The Morgan fingerprint density at radius 2 is 2.00 bits per heavy atom. The molecule has 2 N–H and O–H groups in total. The molecule has 1 rings (SSSR count). The zero-order valence-electron chi connectivity index (χ0n) is 10.3. The number of nitrogens with one attached hydrogen (secondary N) is 1. The standard InChI is InChI=1S/C11H13F2NO4S2/c12-11(13)19-9-5-2-1-4-8(9)14-20(17,18)7-3-6-10(15)16/h1-2,4-5,11,14H,3,6-7H2,(H,15,16). The summed E-state index contributed by atoms with van der Waals surface area (Å²) in [6.07, 6.45) is -0.316. The maximum absolute atomic E-state index is 12.3. The minimum absolute atomic E-state index is 0.0468. The second-order valence-corrected chi connectivity index (χ2v) is 6.67. The van der Waals surface area contributed by atoms with Crippen molar-refractivity contribution >= 4 is 33.4 Å². The lowest BCUT2D eigenvalue weighted by Crippen LogP contribution is -2.18. The number of hydrogen-bond donors (Lipinski definition) is 2. The van der Waals surface area contributed by atoms with Crippen LogP contribution in [-0.2, 0) is 14.8 Å². The first-order valence-corrected chi connectivity index (χ1v) is 8.09. The summed E-state index contributed by atoms with van der Waals surface area (Å²) in [7, 11) is -3.76. The molecule has 0 aliphatic rings. The van der Waals surface area contributed by atoms with Gasteiger partial charge in [-0.15, -0.1) is 0 Å². The van der Waals surface area contributed by atoms with Crippen LogP contribution in [0.15, 0.2) is 29.2 Å². The van der Waals surface area contributed by atoms with Gasteiger partial charge in [0.15, 0.2) is 0 Å². The van der Waals surface area contributed by atoms with Crippen LogP contribution in [0.5, 0.6) is 0 Å². The number of rotatable bonds is 8. The third-order valence-electron chi connectivity index (χ3n) is 2.17. The van der Waals surface area contributed by atoms with Crippen molar-refractivity contribution in [1.29, 1.82) is 0 Å². The number of para-hydroxylation sites is 1. The predicted octanol–water partition coefficient (Wildman–Crippen LogP) is 2.61. The summed E-state index contributed by atoms with van der Waals surface area (Å²) < 4.78 is 50.3. The summed E-state index contributed by atoms with van der Waals surface area (Å²) in [6.45, 7) is 0. The molecule has 0 atom stereocenters. The minimum Gasteiger partial charge on any atom is -0.481 e. The fourth-order valence-corrected chi connectivity index (χ4v) is 3.18. The molecule has 9 heteroatoms. The van der Waals surface area contributed by atoms with E-state index in [1.807, 2.05) is 0 Å². The molecule has 0 radical (unpaired) electrons. The highest BCUT2D eigenvalue weighted by Gasteiger charge is 2.15. The van der Waals surface area contributed by atoms with Crippen LogP contribution in [0.3, 0.4) is 0 Å². The predicted molar refractivity (Wildman–Crippen MR) is 72.6 cm³/mol. The Hall–Kier alpha value is -1.35. The smallest absolute Gasteiger partial charge is 0.303 e. The minimum atomic E-state index is -3.76. The van der Waals surface area contributed by atoms with Crippen LogP contribution in [0.4, 0.5) is 14.5 Å². The van der Waals surface area contributed by atoms with Gasteiger partial charge >= 0.3 is 5.97 Å². The normalized spacial score (nSPS) is 11.6. The van der Waals surface area contributed by atoms with Gasteiger partial charge in [-0.1, -0.05) is 23.9 Å². The van der Waals surface area contributed by atoms with Crippen molar-refractivity contribution in [3.05, 3.63) is 24.3 Å². The Morgan fingerprint density at radius 3 is 2.60 bits per heavy atom. The quantitative estimate of drug-likeness (QED) is 0.718. The number of aliphatic carboxylic acids is 1. The van der Waals surface area contributed by atoms with Gasteiger partial charge in [0.1, 0.15) is 0 Å². The van der Waals surface area contributed by atoms with E-state index in [2.05, 4.69) is 4.72 Å². The van der Waals surface area contributed by atoms with Crippen molar-refractivity contribution in [2.45, 2.75) is 23.5 Å². The van der Waals surface area contributed by atoms with Gasteiger partial charge < -0.3 is 5.11 Å². The number of carboxylic acids is 1. The Kier molecular flexibility index (Phi) is 6.21. The SMILES string of the molecule is O=C(O)CCCS(=O)(=O)Nc1ccccc1SC(F)F. The van der Waals surface area contributed by atoms with E-state index in [1.54, 1.807) is 0 Å². The average Bonchev–Trinajstić information content (AvgIpc) is 2.29. The summed E-state index contributed by atoms with van der Waals surface area (Å²) in [5.41, 5.74) is 0.0631. The third kappa shape index (κ3) is 6.20. The molecule has 0 bridgehead atoms. The Bertz CT molecular complexity index is 563. The first kappa shape index (κ1) is 16.7. The number of halogens is 2. The molecule has 0 aliphatic carbocycles. The fourth-order valence-electron chi connectivity index (χ4n) is 1.38. The summed E-state index contributed by atoms with van der Waals surface area (Å²) in [5.74, 6) is -4.13. The van der Waals surface area contributed by atoms with Gasteiger partial charge in [-0.2, -0.15) is 8.78 Å². The number of anilines is 1. The molecule has 20 heavy (non-hydrogen) atoms. The lowest BCUT2D eigenvalue weighted by atomic mass is 10.3. The molecule has 0 fully saturated rings. The fraction of sp³-hybridized carbons (Fsp3) is 0.364. The number of benzene rings is 1. The molecule has 0 saturated carbocycles. The molecule has 5 nitrogen and oxygen atoms in total. The van der Waals surface area contributed by atoms with E-state index in [4.69, 9.17) is 5.11 Å². The van der Waals surface area contributed by atoms with E-state index in [9.17, 15) is 22.0 Å². The number of sulfonamides is 1. The van der Waals surface area contributed by atoms with Crippen molar-refractivity contribution in [2.75, 3.05) is 10.5 Å². The van der Waals surface area contributed by atoms with E-state index in [0.29, 0.717) is 0 Å². The highest BCUT2D eigenvalue weighted by molar-refractivity contribution is 7.99. The molecule has 0 aliphatic heterocycles. The van der Waals surface area contributed by atoms with E-state index in [0.717, 1.165) is 0 Å². The molecule has 0 unspecified atom stereocenters. The first-order valence-electron chi connectivity index (χ1n) is 5.56. The molecule has 0 spiro atoms. The molecule has 0 aromatic heterocycles. The van der Waals surface area contributed by atoms with Crippen molar-refractivity contribution in [3.63, 3.8) is 0 Å². The second kappa shape index (κ2) is 7.44. The maximum atomic E-state index is 12.3. The van der Waals surface area contributed by atoms with Crippen LogP contribution >= 0.6 is 11.8 Å². The average molecular weight is 325 g/mol. The number of thioether (sulfide) groups is 1. The van der Waals surface area contributed by atoms with Crippen molar-refractivity contribution < 1.29 is 27.1 Å². The van der Waals surface area contributed by atoms with Crippen molar-refractivity contribution in [2.24, 2.45) is 0 Å². The van der Waals surface area contributed by atoms with Gasteiger partial charge in [0.2, 0.25) is 10.0 Å². The maximum Gasteiger partial charge on any atom is 0.303 e. The van der Waals surface area contributed by atoms with Crippen LogP contribution in [-0.4, -0.2) is 31.0 Å². The van der Waals surface area contributed by atoms with E-state index in [1.165, 1.54) is 24.3 Å². The van der Waals surface area contributed by atoms with Crippen LogP contribution < -0.4 is 4.72 Å². The Morgan fingerprint density at radius 1 is 1.35 bits per heavy atom. The van der Waals surface area contributed by atoms with Crippen LogP contribution in [0, 0.1) is 0 Å². The second-order valence-electron chi connectivity index (χ2n) is 3.79. The molecule has 112 valence electrons. The summed E-state index contributed by atoms with van der Waals surface area (Å²) >= 11 is 0.240. The molecular weight excluding hydrogens is 312 g/mol. The third-order valence-corrected chi connectivity index (χ3v) is 4.32. The summed E-state index contributed by atoms with van der Waals surface area (Å²) in [5, 5.41) is 8.44. The number of hydrogen-bond acceptors (Lipinski definition) is 4. The zero-order valence-corrected chi connectivity index (χ0v) is 11.9. The lowest BCUT2D eigenvalue weighted by molar-refractivity contribution is -0.137.